The maximum absolute atomic E-state index is 12.6. The average Bonchev–Trinajstić information content (AvgIpc) is 3.18. The quantitative estimate of drug-likeness (QED) is 0.544. The van der Waals surface area contributed by atoms with E-state index in [0.29, 0.717) is 24.3 Å². The van der Waals surface area contributed by atoms with Gasteiger partial charge in [-0.3, -0.25) is 0 Å². The van der Waals surface area contributed by atoms with Crippen LogP contribution in [0.2, 0.25) is 0 Å². The van der Waals surface area contributed by atoms with Crippen LogP contribution in [0.15, 0.2) is 42.5 Å². The molecule has 8 heteroatoms. The number of aromatic amines is 1. The van der Waals surface area contributed by atoms with Gasteiger partial charge in [0, 0.05) is 6.07 Å². The normalized spacial score (nSPS) is 15.9. The third-order valence-corrected chi connectivity index (χ3v) is 5.40. The molecule has 1 fully saturated rings. The number of aromatic nitrogens is 2. The summed E-state index contributed by atoms with van der Waals surface area (Å²) < 4.78 is 16.7. The van der Waals surface area contributed by atoms with Gasteiger partial charge in [-0.25, -0.2) is 9.78 Å². The Morgan fingerprint density at radius 1 is 1.03 bits per heavy atom. The van der Waals surface area contributed by atoms with E-state index in [4.69, 9.17) is 19.2 Å². The first-order valence-corrected chi connectivity index (χ1v) is 10.8. The molecule has 3 N–H and O–H groups in total. The summed E-state index contributed by atoms with van der Waals surface area (Å²) >= 11 is 0. The van der Waals surface area contributed by atoms with Crippen LogP contribution >= 0.6 is 0 Å². The second-order valence-electron chi connectivity index (χ2n) is 9.00. The number of nitrogens with one attached hydrogen (secondary N) is 3. The van der Waals surface area contributed by atoms with Crippen LogP contribution in [0.4, 0.5) is 4.79 Å². The van der Waals surface area contributed by atoms with Gasteiger partial charge in [0.2, 0.25) is 0 Å². The third-order valence-electron chi connectivity index (χ3n) is 5.40. The zero-order valence-electron chi connectivity index (χ0n) is 19.0. The number of nitrogens with zero attached hydrogens (tertiary/aromatic N) is 1. The van der Waals surface area contributed by atoms with E-state index in [-0.39, 0.29) is 0 Å². The molecule has 0 aliphatic carbocycles. The Bertz CT molecular complexity index is 1080. The first-order chi connectivity index (χ1) is 15.3. The highest BCUT2D eigenvalue weighted by Gasteiger charge is 2.39. The van der Waals surface area contributed by atoms with Gasteiger partial charge in [-0.15, -0.1) is 0 Å². The van der Waals surface area contributed by atoms with Crippen LogP contribution in [-0.4, -0.2) is 41.9 Å². The zero-order chi connectivity index (χ0) is 22.8. The lowest BCUT2D eigenvalue weighted by Crippen LogP contribution is -2.53. The van der Waals surface area contributed by atoms with Gasteiger partial charge in [0.05, 0.1) is 18.1 Å². The van der Waals surface area contributed by atoms with Crippen LogP contribution in [0.5, 0.6) is 17.2 Å². The fourth-order valence-electron chi connectivity index (χ4n) is 3.83. The molecule has 2 aromatic carbocycles. The molecule has 8 nitrogen and oxygen atoms in total. The number of hydrogen-bond acceptors (Lipinski definition) is 6. The van der Waals surface area contributed by atoms with Gasteiger partial charge >= 0.3 is 6.09 Å². The van der Waals surface area contributed by atoms with E-state index in [1.54, 1.807) is 7.11 Å². The van der Waals surface area contributed by atoms with Crippen molar-refractivity contribution in [2.45, 2.75) is 44.8 Å². The molecule has 2 heterocycles. The molecule has 1 aromatic heterocycles. The molecule has 0 radical (unpaired) electrons. The Balaban J connectivity index is 1.59. The predicted molar refractivity (Wildman–Crippen MR) is 122 cm³/mol. The van der Waals surface area contributed by atoms with Crippen LogP contribution in [-0.2, 0) is 10.3 Å². The van der Waals surface area contributed by atoms with Crippen LogP contribution in [0.1, 0.15) is 39.4 Å². The minimum absolute atomic E-state index is 0.441. The summed E-state index contributed by atoms with van der Waals surface area (Å²) in [6, 6.07) is 13.1. The van der Waals surface area contributed by atoms with Crippen molar-refractivity contribution in [3.05, 3.63) is 48.3 Å². The average molecular weight is 439 g/mol. The van der Waals surface area contributed by atoms with E-state index >= 15 is 0 Å². The minimum atomic E-state index is -0.621. The Labute approximate surface area is 187 Å². The number of benzene rings is 2. The molecule has 0 saturated carbocycles. The van der Waals surface area contributed by atoms with Gasteiger partial charge in [0.15, 0.2) is 0 Å². The summed E-state index contributed by atoms with van der Waals surface area (Å²) in [5.74, 6) is 2.90. The molecule has 0 bridgehead atoms. The number of imidazole rings is 1. The van der Waals surface area contributed by atoms with Crippen molar-refractivity contribution >= 4 is 17.1 Å². The fraction of sp³-hybridized carbons (Fsp3) is 0.417. The number of fused-ring (bicyclic) bond motifs is 1. The van der Waals surface area contributed by atoms with Crippen LogP contribution in [0.3, 0.4) is 0 Å². The maximum Gasteiger partial charge on any atom is 0.408 e. The van der Waals surface area contributed by atoms with Gasteiger partial charge < -0.3 is 29.8 Å². The van der Waals surface area contributed by atoms with E-state index in [0.717, 1.165) is 35.7 Å². The topological polar surface area (TPSA) is 97.5 Å². The number of ether oxygens (including phenoxy) is 3. The molecule has 1 amide bonds. The second-order valence-corrected chi connectivity index (χ2v) is 9.00. The van der Waals surface area contributed by atoms with Gasteiger partial charge in [-0.05, 0) is 83.1 Å². The fourth-order valence-corrected chi connectivity index (χ4v) is 3.83. The molecular formula is C24H30N4O4. The Kier molecular flexibility index (Phi) is 5.97. The largest absolute Gasteiger partial charge is 0.497 e. The lowest BCUT2D eigenvalue weighted by molar-refractivity contribution is 0.0419. The highest BCUT2D eigenvalue weighted by molar-refractivity contribution is 5.77. The summed E-state index contributed by atoms with van der Waals surface area (Å²) in [5, 5.41) is 6.44. The summed E-state index contributed by atoms with van der Waals surface area (Å²) in [6.07, 6.45) is 0.978. The lowest BCUT2D eigenvalue weighted by Gasteiger charge is -2.37. The SMILES string of the molecule is COc1ccc(Oc2ccc3nc(C4(NC(=O)OC(C)(C)C)CCNCC4)[nH]c3c2)cc1. The Morgan fingerprint density at radius 3 is 2.34 bits per heavy atom. The van der Waals surface area contributed by atoms with Crippen molar-refractivity contribution in [3.63, 3.8) is 0 Å². The van der Waals surface area contributed by atoms with Gasteiger partial charge in [0.25, 0.3) is 0 Å². The van der Waals surface area contributed by atoms with Crippen molar-refractivity contribution in [1.82, 2.24) is 20.6 Å². The monoisotopic (exact) mass is 438 g/mol. The van der Waals surface area contributed by atoms with Crippen molar-refractivity contribution in [2.75, 3.05) is 20.2 Å². The number of alkyl carbamates (subject to hydrolysis) is 1. The summed E-state index contributed by atoms with van der Waals surface area (Å²) in [5.41, 5.74) is 0.462. The molecule has 3 aromatic rings. The molecule has 170 valence electrons. The first kappa shape index (κ1) is 22.0. The Hall–Kier alpha value is -3.26. The molecule has 1 aliphatic heterocycles. The summed E-state index contributed by atoms with van der Waals surface area (Å²) in [6.45, 7) is 7.12. The van der Waals surface area contributed by atoms with E-state index < -0.39 is 17.2 Å². The highest BCUT2D eigenvalue weighted by atomic mass is 16.6. The first-order valence-electron chi connectivity index (χ1n) is 10.8. The van der Waals surface area contributed by atoms with Gasteiger partial charge in [0.1, 0.15) is 34.2 Å². The molecular weight excluding hydrogens is 408 g/mol. The molecule has 32 heavy (non-hydrogen) atoms. The molecule has 0 atom stereocenters. The second kappa shape index (κ2) is 8.70. The molecule has 1 saturated heterocycles. The van der Waals surface area contributed by atoms with E-state index in [1.165, 1.54) is 0 Å². The summed E-state index contributed by atoms with van der Waals surface area (Å²) in [4.78, 5) is 20.8. The predicted octanol–water partition coefficient (Wildman–Crippen LogP) is 4.47. The number of hydrogen-bond donors (Lipinski definition) is 3. The van der Waals surface area contributed by atoms with Crippen molar-refractivity contribution < 1.29 is 19.0 Å². The van der Waals surface area contributed by atoms with Crippen LogP contribution in [0, 0.1) is 0 Å². The lowest BCUT2D eigenvalue weighted by atomic mass is 9.87. The van der Waals surface area contributed by atoms with Crippen molar-refractivity contribution in [1.29, 1.82) is 0 Å². The number of rotatable bonds is 5. The summed E-state index contributed by atoms with van der Waals surface area (Å²) in [7, 11) is 1.63. The number of amides is 1. The minimum Gasteiger partial charge on any atom is -0.497 e. The number of piperidine rings is 1. The zero-order valence-corrected chi connectivity index (χ0v) is 19.0. The highest BCUT2D eigenvalue weighted by Crippen LogP contribution is 2.32. The maximum atomic E-state index is 12.6. The van der Waals surface area contributed by atoms with Crippen LogP contribution in [0.25, 0.3) is 11.0 Å². The Morgan fingerprint density at radius 2 is 1.69 bits per heavy atom. The molecule has 0 unspecified atom stereocenters. The number of carbonyl (C=O) groups is 1. The van der Waals surface area contributed by atoms with Crippen molar-refractivity contribution in [3.8, 4) is 17.2 Å². The third kappa shape index (κ3) is 4.96. The van der Waals surface area contributed by atoms with Crippen molar-refractivity contribution in [2.24, 2.45) is 0 Å². The van der Waals surface area contributed by atoms with Gasteiger partial charge in [-0.2, -0.15) is 0 Å². The number of carbonyl (C=O) groups excluding carboxylic acids is 1. The molecule has 1 aliphatic rings. The standard InChI is InChI=1S/C24H30N4O4/c1-23(2,3)32-22(29)28-24(11-13-25-14-12-24)21-26-19-10-9-18(15-20(19)27-21)31-17-7-5-16(30-4)6-8-17/h5-10,15,25H,11-14H2,1-4H3,(H,26,27)(H,28,29). The molecule has 4 rings (SSSR count). The molecule has 0 spiro atoms. The van der Waals surface area contributed by atoms with Gasteiger partial charge in [-0.1, -0.05) is 0 Å². The van der Waals surface area contributed by atoms with E-state index in [2.05, 4.69) is 15.6 Å². The van der Waals surface area contributed by atoms with E-state index in [9.17, 15) is 4.79 Å². The smallest absolute Gasteiger partial charge is 0.408 e. The van der Waals surface area contributed by atoms with E-state index in [1.807, 2.05) is 63.2 Å². The van der Waals surface area contributed by atoms with Crippen LogP contribution < -0.4 is 20.1 Å². The number of H-pyrrole nitrogens is 1. The number of methoxy groups -OCH3 is 1.